The number of benzene rings is 2. The van der Waals surface area contributed by atoms with Gasteiger partial charge in [0.15, 0.2) is 5.69 Å². The lowest BCUT2D eigenvalue weighted by Crippen LogP contribution is -2.21. The van der Waals surface area contributed by atoms with Crippen LogP contribution in [-0.2, 0) is 5.75 Å². The first kappa shape index (κ1) is 22.2. The molecule has 0 aliphatic carbocycles. The Hall–Kier alpha value is -3.99. The number of thioether (sulfide) groups is 1. The molecular weight excluding hydrogens is 440 g/mol. The average molecular weight is 463 g/mol. The molecule has 11 heteroatoms. The molecule has 0 spiro atoms. The van der Waals surface area contributed by atoms with E-state index in [1.807, 2.05) is 69.3 Å². The van der Waals surface area contributed by atoms with Crippen LogP contribution in [0.4, 0.5) is 5.82 Å². The van der Waals surface area contributed by atoms with Crippen LogP contribution >= 0.6 is 11.8 Å². The van der Waals surface area contributed by atoms with Gasteiger partial charge >= 0.3 is 0 Å². The minimum Gasteiger partial charge on any atom is -0.378 e. The smallest absolute Gasteiger partial charge is 0.293 e. The highest BCUT2D eigenvalue weighted by Gasteiger charge is 2.24. The first-order valence-electron chi connectivity index (χ1n) is 10.1. The maximum Gasteiger partial charge on any atom is 0.293 e. The summed E-state index contributed by atoms with van der Waals surface area (Å²) in [6, 6.07) is 15.9. The molecule has 2 aromatic heterocycles. The fraction of sp³-hybridized carbons (Fsp3) is 0.182. The van der Waals surface area contributed by atoms with Gasteiger partial charge < -0.3 is 5.73 Å². The summed E-state index contributed by atoms with van der Waals surface area (Å²) in [7, 11) is 0. The van der Waals surface area contributed by atoms with Crippen molar-refractivity contribution in [2.75, 3.05) is 5.73 Å². The molecule has 0 unspecified atom stereocenters. The van der Waals surface area contributed by atoms with Crippen molar-refractivity contribution < 1.29 is 9.42 Å². The van der Waals surface area contributed by atoms with Crippen LogP contribution in [0.3, 0.4) is 0 Å². The Bertz CT molecular complexity index is 1290. The number of nitrogens with one attached hydrogen (secondary N) is 1. The Morgan fingerprint density at radius 1 is 1.09 bits per heavy atom. The van der Waals surface area contributed by atoms with Crippen molar-refractivity contribution in [1.29, 1.82) is 0 Å². The van der Waals surface area contributed by atoms with Gasteiger partial charge in [-0.25, -0.2) is 10.1 Å². The summed E-state index contributed by atoms with van der Waals surface area (Å²) in [6.45, 7) is 5.85. The predicted molar refractivity (Wildman–Crippen MR) is 125 cm³/mol. The maximum absolute atomic E-state index is 12.9. The van der Waals surface area contributed by atoms with Gasteiger partial charge in [-0.3, -0.25) is 4.79 Å². The molecule has 0 aliphatic heterocycles. The highest BCUT2D eigenvalue weighted by molar-refractivity contribution is 7.98. The van der Waals surface area contributed by atoms with E-state index in [-0.39, 0.29) is 17.3 Å². The standard InChI is InChI=1S/C22H22N8O2S/c1-13-4-8-16(9-5-13)15(3)24-26-22(31)19-18(12-33-17-10-6-14(2)7-11-17)30(29-25-19)21-20(23)27-32-28-21/h4-11H,12H2,1-3H3,(H2,23,27)(H,26,31)/b24-15-. The van der Waals surface area contributed by atoms with Crippen LogP contribution in [0, 0.1) is 13.8 Å². The molecule has 2 heterocycles. The van der Waals surface area contributed by atoms with Crippen LogP contribution in [0.5, 0.6) is 0 Å². The van der Waals surface area contributed by atoms with E-state index in [1.165, 1.54) is 16.4 Å². The third-order valence-corrected chi connectivity index (χ3v) is 5.89. The molecule has 10 nitrogen and oxygen atoms in total. The van der Waals surface area contributed by atoms with Gasteiger partial charge in [0, 0.05) is 10.6 Å². The maximum atomic E-state index is 12.9. The molecule has 168 valence electrons. The summed E-state index contributed by atoms with van der Waals surface area (Å²) in [6.07, 6.45) is 0. The number of amides is 1. The summed E-state index contributed by atoms with van der Waals surface area (Å²) in [5, 5.41) is 19.7. The molecule has 33 heavy (non-hydrogen) atoms. The summed E-state index contributed by atoms with van der Waals surface area (Å²) in [5.74, 6) is 0.0931. The molecule has 1 amide bonds. The number of nitrogen functional groups attached to an aromatic ring is 1. The molecule has 2 aromatic carbocycles. The van der Waals surface area contributed by atoms with Gasteiger partial charge in [-0.05, 0) is 48.8 Å². The van der Waals surface area contributed by atoms with E-state index in [2.05, 4.69) is 31.2 Å². The number of aromatic nitrogens is 5. The van der Waals surface area contributed by atoms with Gasteiger partial charge in [-0.2, -0.15) is 9.78 Å². The summed E-state index contributed by atoms with van der Waals surface area (Å²) in [4.78, 5) is 14.0. The third kappa shape index (κ3) is 5.09. The van der Waals surface area contributed by atoms with E-state index < -0.39 is 5.91 Å². The van der Waals surface area contributed by atoms with Crippen LogP contribution in [0.15, 0.2) is 63.2 Å². The van der Waals surface area contributed by atoms with Gasteiger partial charge in [0.1, 0.15) is 0 Å². The molecule has 0 radical (unpaired) electrons. The number of carbonyl (C=O) groups is 1. The SMILES string of the molecule is C/C(=N/NC(=O)c1nnn(-c2nonc2N)c1CSc1ccc(C)cc1)c1ccc(C)cc1. The zero-order valence-corrected chi connectivity index (χ0v) is 19.1. The number of aryl methyl sites for hydroxylation is 2. The average Bonchev–Trinajstić information content (AvgIpc) is 3.43. The van der Waals surface area contributed by atoms with Crippen molar-refractivity contribution in [3.8, 4) is 5.82 Å². The van der Waals surface area contributed by atoms with Crippen LogP contribution in [-0.4, -0.2) is 36.9 Å². The van der Waals surface area contributed by atoms with E-state index in [9.17, 15) is 4.79 Å². The molecular formula is C22H22N8O2S. The summed E-state index contributed by atoms with van der Waals surface area (Å²) < 4.78 is 6.05. The first-order chi connectivity index (χ1) is 15.9. The lowest BCUT2D eigenvalue weighted by Gasteiger charge is -2.07. The zero-order valence-electron chi connectivity index (χ0n) is 18.3. The van der Waals surface area contributed by atoms with Crippen molar-refractivity contribution >= 4 is 29.2 Å². The highest BCUT2D eigenvalue weighted by atomic mass is 32.2. The number of nitrogens with zero attached hydrogens (tertiary/aromatic N) is 6. The van der Waals surface area contributed by atoms with Crippen LogP contribution in [0.25, 0.3) is 5.82 Å². The van der Waals surface area contributed by atoms with Crippen molar-refractivity contribution in [3.63, 3.8) is 0 Å². The van der Waals surface area contributed by atoms with Crippen molar-refractivity contribution in [1.82, 2.24) is 30.7 Å². The quantitative estimate of drug-likeness (QED) is 0.242. The molecule has 0 aliphatic rings. The van der Waals surface area contributed by atoms with E-state index in [4.69, 9.17) is 10.4 Å². The first-order valence-corrected chi connectivity index (χ1v) is 11.0. The van der Waals surface area contributed by atoms with Crippen LogP contribution in [0.2, 0.25) is 0 Å². The second kappa shape index (κ2) is 9.65. The fourth-order valence-electron chi connectivity index (χ4n) is 2.95. The Morgan fingerprint density at radius 2 is 1.76 bits per heavy atom. The lowest BCUT2D eigenvalue weighted by molar-refractivity contribution is 0.0949. The Morgan fingerprint density at radius 3 is 2.39 bits per heavy atom. The van der Waals surface area contributed by atoms with Gasteiger partial charge in [0.2, 0.25) is 11.6 Å². The Kier molecular flexibility index (Phi) is 6.50. The molecule has 0 atom stereocenters. The lowest BCUT2D eigenvalue weighted by atomic mass is 10.1. The number of rotatable bonds is 7. The largest absolute Gasteiger partial charge is 0.378 e. The van der Waals surface area contributed by atoms with Gasteiger partial charge in [0.05, 0.1) is 11.4 Å². The van der Waals surface area contributed by atoms with E-state index >= 15 is 0 Å². The molecule has 0 fully saturated rings. The molecule has 4 rings (SSSR count). The third-order valence-electron chi connectivity index (χ3n) is 4.87. The number of anilines is 1. The van der Waals surface area contributed by atoms with Crippen molar-refractivity contribution in [3.05, 3.63) is 76.6 Å². The number of nitrogens with two attached hydrogens (primary N) is 1. The summed E-state index contributed by atoms with van der Waals surface area (Å²) in [5.41, 5.74) is 12.9. The summed E-state index contributed by atoms with van der Waals surface area (Å²) >= 11 is 1.52. The van der Waals surface area contributed by atoms with E-state index in [1.54, 1.807) is 0 Å². The number of hydrogen-bond donors (Lipinski definition) is 2. The normalized spacial score (nSPS) is 11.5. The zero-order chi connectivity index (χ0) is 23.4. The van der Waals surface area contributed by atoms with Crippen molar-refractivity contribution in [2.24, 2.45) is 5.10 Å². The number of hydrazone groups is 1. The Balaban J connectivity index is 1.59. The minimum atomic E-state index is -0.498. The highest BCUT2D eigenvalue weighted by Crippen LogP contribution is 2.26. The second-order valence-corrected chi connectivity index (χ2v) is 8.42. The minimum absolute atomic E-state index is 0.0432. The van der Waals surface area contributed by atoms with E-state index in [0.717, 1.165) is 21.6 Å². The monoisotopic (exact) mass is 462 g/mol. The van der Waals surface area contributed by atoms with Crippen LogP contribution in [0.1, 0.15) is 39.8 Å². The number of carbonyl (C=O) groups excluding carboxylic acids is 1. The van der Waals surface area contributed by atoms with Gasteiger partial charge in [-0.15, -0.1) is 16.9 Å². The molecule has 0 saturated carbocycles. The number of hydrogen-bond acceptors (Lipinski definition) is 9. The molecule has 0 saturated heterocycles. The topological polar surface area (TPSA) is 137 Å². The van der Waals surface area contributed by atoms with Crippen molar-refractivity contribution in [2.45, 2.75) is 31.4 Å². The van der Waals surface area contributed by atoms with Gasteiger partial charge in [-0.1, -0.05) is 52.7 Å². The second-order valence-electron chi connectivity index (χ2n) is 7.38. The molecule has 4 aromatic rings. The van der Waals surface area contributed by atoms with Crippen LogP contribution < -0.4 is 11.2 Å². The fourth-order valence-corrected chi connectivity index (χ4v) is 3.84. The van der Waals surface area contributed by atoms with Gasteiger partial charge in [0.25, 0.3) is 5.91 Å². The van der Waals surface area contributed by atoms with E-state index in [0.29, 0.717) is 17.2 Å². The predicted octanol–water partition coefficient (Wildman–Crippen LogP) is 3.30. The molecule has 0 bridgehead atoms. The Labute approximate surface area is 194 Å². The molecule has 3 N–H and O–H groups in total.